The summed E-state index contributed by atoms with van der Waals surface area (Å²) in [5.41, 5.74) is 4.81. The maximum absolute atomic E-state index is 5.76. The molecular weight excluding hydrogens is 262 g/mol. The first-order chi connectivity index (χ1) is 9.99. The Morgan fingerprint density at radius 3 is 2.67 bits per heavy atom. The van der Waals surface area contributed by atoms with E-state index in [9.17, 15) is 0 Å². The van der Waals surface area contributed by atoms with Crippen LogP contribution >= 0.6 is 0 Å². The lowest BCUT2D eigenvalue weighted by molar-refractivity contribution is 0.307. The molecule has 114 valence electrons. The molecular formula is C17H25N3O. The third-order valence-electron chi connectivity index (χ3n) is 3.81. The Labute approximate surface area is 127 Å². The SMILES string of the molecule is Cc1cccc(OCCNC(C)c2c(C)nn(C)c2C)c1. The van der Waals surface area contributed by atoms with Crippen LogP contribution in [0.3, 0.4) is 0 Å². The average Bonchev–Trinajstić information content (AvgIpc) is 2.68. The molecule has 0 amide bonds. The van der Waals surface area contributed by atoms with Crippen molar-refractivity contribution in [1.29, 1.82) is 0 Å². The number of hydrogen-bond donors (Lipinski definition) is 1. The number of aromatic nitrogens is 2. The Kier molecular flexibility index (Phi) is 5.02. The van der Waals surface area contributed by atoms with Gasteiger partial charge in [0.15, 0.2) is 0 Å². The van der Waals surface area contributed by atoms with Gasteiger partial charge < -0.3 is 10.1 Å². The second kappa shape index (κ2) is 6.76. The second-order valence-electron chi connectivity index (χ2n) is 5.55. The maximum atomic E-state index is 5.76. The quantitative estimate of drug-likeness (QED) is 0.830. The van der Waals surface area contributed by atoms with Gasteiger partial charge in [-0.2, -0.15) is 5.10 Å². The van der Waals surface area contributed by atoms with Crippen LogP contribution in [0.15, 0.2) is 24.3 Å². The van der Waals surface area contributed by atoms with Crippen LogP contribution in [-0.2, 0) is 7.05 Å². The first-order valence-corrected chi connectivity index (χ1v) is 7.42. The number of nitrogens with one attached hydrogen (secondary N) is 1. The molecule has 2 rings (SSSR count). The van der Waals surface area contributed by atoms with Gasteiger partial charge in [0.2, 0.25) is 0 Å². The van der Waals surface area contributed by atoms with Gasteiger partial charge >= 0.3 is 0 Å². The molecule has 0 aliphatic heterocycles. The van der Waals surface area contributed by atoms with E-state index < -0.39 is 0 Å². The fourth-order valence-corrected chi connectivity index (χ4v) is 2.67. The van der Waals surface area contributed by atoms with E-state index in [4.69, 9.17) is 4.74 Å². The molecule has 1 unspecified atom stereocenters. The molecule has 0 aliphatic rings. The van der Waals surface area contributed by atoms with Gasteiger partial charge in [0, 0.05) is 30.9 Å². The van der Waals surface area contributed by atoms with E-state index in [2.05, 4.69) is 50.2 Å². The molecule has 1 aromatic carbocycles. The Bertz CT molecular complexity index is 604. The van der Waals surface area contributed by atoms with Crippen LogP contribution in [0.25, 0.3) is 0 Å². The number of rotatable bonds is 6. The van der Waals surface area contributed by atoms with Crippen molar-refractivity contribution in [3.05, 3.63) is 46.8 Å². The van der Waals surface area contributed by atoms with Gasteiger partial charge in [0.25, 0.3) is 0 Å². The van der Waals surface area contributed by atoms with Gasteiger partial charge in [-0.3, -0.25) is 4.68 Å². The Morgan fingerprint density at radius 2 is 2.05 bits per heavy atom. The van der Waals surface area contributed by atoms with E-state index in [0.717, 1.165) is 18.0 Å². The van der Waals surface area contributed by atoms with Crippen molar-refractivity contribution in [2.45, 2.75) is 33.7 Å². The zero-order valence-electron chi connectivity index (χ0n) is 13.6. The summed E-state index contributed by atoms with van der Waals surface area (Å²) >= 11 is 0. The summed E-state index contributed by atoms with van der Waals surface area (Å²) < 4.78 is 7.69. The minimum atomic E-state index is 0.278. The van der Waals surface area contributed by atoms with Crippen molar-refractivity contribution in [1.82, 2.24) is 15.1 Å². The van der Waals surface area contributed by atoms with Crippen LogP contribution in [0, 0.1) is 20.8 Å². The summed E-state index contributed by atoms with van der Waals surface area (Å²) in [7, 11) is 1.99. The summed E-state index contributed by atoms with van der Waals surface area (Å²) in [5, 5.41) is 7.96. The molecule has 21 heavy (non-hydrogen) atoms. The van der Waals surface area contributed by atoms with Crippen molar-refractivity contribution in [2.24, 2.45) is 7.05 Å². The highest BCUT2D eigenvalue weighted by Gasteiger charge is 2.15. The average molecular weight is 287 g/mol. The van der Waals surface area contributed by atoms with E-state index in [1.807, 2.05) is 23.9 Å². The summed E-state index contributed by atoms with van der Waals surface area (Å²) in [5.74, 6) is 0.929. The normalized spacial score (nSPS) is 12.4. The predicted molar refractivity (Wildman–Crippen MR) is 85.8 cm³/mol. The van der Waals surface area contributed by atoms with Gasteiger partial charge in [-0.1, -0.05) is 12.1 Å². The molecule has 0 aliphatic carbocycles. The molecule has 0 saturated carbocycles. The van der Waals surface area contributed by atoms with Gasteiger partial charge in [0.05, 0.1) is 5.69 Å². The predicted octanol–water partition coefficient (Wildman–Crippen LogP) is 3.07. The highest BCUT2D eigenvalue weighted by Crippen LogP contribution is 2.20. The molecule has 4 nitrogen and oxygen atoms in total. The number of aryl methyl sites for hydroxylation is 3. The minimum absolute atomic E-state index is 0.278. The molecule has 1 atom stereocenters. The molecule has 0 radical (unpaired) electrons. The molecule has 0 spiro atoms. The topological polar surface area (TPSA) is 39.1 Å². The summed E-state index contributed by atoms with van der Waals surface area (Å²) in [6, 6.07) is 8.41. The summed E-state index contributed by atoms with van der Waals surface area (Å²) in [6.45, 7) is 9.88. The molecule has 0 bridgehead atoms. The van der Waals surface area contributed by atoms with Crippen molar-refractivity contribution in [3.8, 4) is 5.75 Å². The van der Waals surface area contributed by atoms with E-state index >= 15 is 0 Å². The van der Waals surface area contributed by atoms with Crippen molar-refractivity contribution < 1.29 is 4.74 Å². The largest absolute Gasteiger partial charge is 0.492 e. The van der Waals surface area contributed by atoms with Crippen LogP contribution < -0.4 is 10.1 Å². The Hall–Kier alpha value is -1.81. The van der Waals surface area contributed by atoms with Crippen LogP contribution in [0.1, 0.15) is 35.5 Å². The monoisotopic (exact) mass is 287 g/mol. The van der Waals surface area contributed by atoms with Gasteiger partial charge in [-0.25, -0.2) is 0 Å². The first-order valence-electron chi connectivity index (χ1n) is 7.42. The maximum Gasteiger partial charge on any atom is 0.119 e. The van der Waals surface area contributed by atoms with Gasteiger partial charge in [0.1, 0.15) is 12.4 Å². The van der Waals surface area contributed by atoms with E-state index in [1.54, 1.807) is 0 Å². The number of ether oxygens (including phenoxy) is 1. The minimum Gasteiger partial charge on any atom is -0.492 e. The fourth-order valence-electron chi connectivity index (χ4n) is 2.67. The van der Waals surface area contributed by atoms with Crippen molar-refractivity contribution in [2.75, 3.05) is 13.2 Å². The van der Waals surface area contributed by atoms with Gasteiger partial charge in [-0.15, -0.1) is 0 Å². The lowest BCUT2D eigenvalue weighted by Gasteiger charge is -2.15. The highest BCUT2D eigenvalue weighted by molar-refractivity contribution is 5.28. The molecule has 1 heterocycles. The molecule has 1 N–H and O–H groups in total. The first kappa shape index (κ1) is 15.6. The number of nitrogens with zero attached hydrogens (tertiary/aromatic N) is 2. The number of hydrogen-bond acceptors (Lipinski definition) is 3. The third-order valence-corrected chi connectivity index (χ3v) is 3.81. The lowest BCUT2D eigenvalue weighted by atomic mass is 10.1. The zero-order chi connectivity index (χ0) is 15.4. The molecule has 1 aromatic heterocycles. The summed E-state index contributed by atoms with van der Waals surface area (Å²) in [4.78, 5) is 0. The standard InChI is InChI=1S/C17H25N3O/c1-12-7-6-8-16(11-12)21-10-9-18-13(2)17-14(3)19-20(5)15(17)4/h6-8,11,13,18H,9-10H2,1-5H3. The fraction of sp³-hybridized carbons (Fsp3) is 0.471. The van der Waals surface area contributed by atoms with Crippen LogP contribution in [0.5, 0.6) is 5.75 Å². The van der Waals surface area contributed by atoms with E-state index in [-0.39, 0.29) is 6.04 Å². The second-order valence-corrected chi connectivity index (χ2v) is 5.55. The van der Waals surface area contributed by atoms with Crippen molar-refractivity contribution in [3.63, 3.8) is 0 Å². The van der Waals surface area contributed by atoms with Crippen LogP contribution in [0.4, 0.5) is 0 Å². The van der Waals surface area contributed by atoms with E-state index in [1.165, 1.54) is 16.8 Å². The molecule has 0 fully saturated rings. The Morgan fingerprint density at radius 1 is 1.29 bits per heavy atom. The summed E-state index contributed by atoms with van der Waals surface area (Å²) in [6.07, 6.45) is 0. The van der Waals surface area contributed by atoms with Crippen molar-refractivity contribution >= 4 is 0 Å². The van der Waals surface area contributed by atoms with E-state index in [0.29, 0.717) is 6.61 Å². The number of benzene rings is 1. The van der Waals surface area contributed by atoms with Crippen LogP contribution in [-0.4, -0.2) is 22.9 Å². The van der Waals surface area contributed by atoms with Gasteiger partial charge in [-0.05, 0) is 45.4 Å². The smallest absolute Gasteiger partial charge is 0.119 e. The molecule has 2 aromatic rings. The molecule has 4 heteroatoms. The highest BCUT2D eigenvalue weighted by atomic mass is 16.5. The lowest BCUT2D eigenvalue weighted by Crippen LogP contribution is -2.25. The zero-order valence-corrected chi connectivity index (χ0v) is 13.6. The van der Waals surface area contributed by atoms with Crippen LogP contribution in [0.2, 0.25) is 0 Å². The Balaban J connectivity index is 1.83. The third kappa shape index (κ3) is 3.85. The molecule has 0 saturated heterocycles.